The molecule has 6 heteroatoms. The van der Waals surface area contributed by atoms with Gasteiger partial charge in [0, 0.05) is 26.1 Å². The first kappa shape index (κ1) is 16.2. The molecular weight excluding hydrogens is 234 g/mol. The number of rotatable bonds is 8. The zero-order chi connectivity index (χ0) is 14.0. The van der Waals surface area contributed by atoms with E-state index in [4.69, 9.17) is 10.4 Å². The first-order valence-corrected chi connectivity index (χ1v) is 6.08. The Morgan fingerprint density at radius 2 is 2.06 bits per heavy atom. The third-order valence-electron chi connectivity index (χ3n) is 2.71. The van der Waals surface area contributed by atoms with Crippen molar-refractivity contribution in [1.29, 1.82) is 5.26 Å². The molecule has 102 valence electrons. The number of aliphatic carboxylic acids is 1. The van der Waals surface area contributed by atoms with Gasteiger partial charge in [0.1, 0.15) is 0 Å². The summed E-state index contributed by atoms with van der Waals surface area (Å²) in [6, 6.07) is 1.71. The topological polar surface area (TPSA) is 93.4 Å². The van der Waals surface area contributed by atoms with E-state index in [9.17, 15) is 9.59 Å². The number of amides is 2. The van der Waals surface area contributed by atoms with Gasteiger partial charge in [-0.3, -0.25) is 4.79 Å². The van der Waals surface area contributed by atoms with Crippen LogP contribution in [0.15, 0.2) is 0 Å². The molecule has 0 spiro atoms. The summed E-state index contributed by atoms with van der Waals surface area (Å²) in [5.74, 6) is -0.788. The Morgan fingerprint density at radius 1 is 1.39 bits per heavy atom. The van der Waals surface area contributed by atoms with Crippen molar-refractivity contribution >= 4 is 12.0 Å². The number of carbonyl (C=O) groups is 2. The number of hydrogen-bond acceptors (Lipinski definition) is 3. The third kappa shape index (κ3) is 7.49. The SMILES string of the molecule is CC(CC#N)N(C)C(=O)NCCCCCC(=O)O. The van der Waals surface area contributed by atoms with Crippen molar-refractivity contribution in [3.63, 3.8) is 0 Å². The van der Waals surface area contributed by atoms with Crippen LogP contribution in [-0.4, -0.2) is 41.6 Å². The summed E-state index contributed by atoms with van der Waals surface area (Å²) in [6.07, 6.45) is 2.66. The highest BCUT2D eigenvalue weighted by molar-refractivity contribution is 5.74. The predicted octanol–water partition coefficient (Wildman–Crippen LogP) is 1.57. The molecule has 0 bridgehead atoms. The van der Waals surface area contributed by atoms with Gasteiger partial charge in [0.2, 0.25) is 0 Å². The Bertz CT molecular complexity index is 312. The highest BCUT2D eigenvalue weighted by atomic mass is 16.4. The predicted molar refractivity (Wildman–Crippen MR) is 67.0 cm³/mol. The van der Waals surface area contributed by atoms with Crippen LogP contribution in [0.3, 0.4) is 0 Å². The lowest BCUT2D eigenvalue weighted by Gasteiger charge is -2.23. The summed E-state index contributed by atoms with van der Waals surface area (Å²) in [4.78, 5) is 23.4. The molecule has 1 unspecified atom stereocenters. The van der Waals surface area contributed by atoms with Gasteiger partial charge in [0.15, 0.2) is 0 Å². The van der Waals surface area contributed by atoms with Crippen molar-refractivity contribution in [1.82, 2.24) is 10.2 Å². The van der Waals surface area contributed by atoms with Crippen LogP contribution in [-0.2, 0) is 4.79 Å². The molecule has 1 atom stereocenters. The lowest BCUT2D eigenvalue weighted by molar-refractivity contribution is -0.137. The normalized spacial score (nSPS) is 11.4. The number of carbonyl (C=O) groups excluding carboxylic acids is 1. The molecule has 0 aromatic rings. The number of carboxylic acid groups (broad SMARTS) is 1. The van der Waals surface area contributed by atoms with Gasteiger partial charge in [-0.25, -0.2) is 4.79 Å². The van der Waals surface area contributed by atoms with E-state index in [0.29, 0.717) is 19.4 Å². The molecule has 0 aliphatic rings. The number of nitrogens with zero attached hydrogens (tertiary/aromatic N) is 2. The van der Waals surface area contributed by atoms with E-state index < -0.39 is 5.97 Å². The van der Waals surface area contributed by atoms with Crippen LogP contribution in [0.1, 0.15) is 39.0 Å². The van der Waals surface area contributed by atoms with Crippen molar-refractivity contribution in [2.45, 2.75) is 45.1 Å². The molecule has 6 nitrogen and oxygen atoms in total. The van der Waals surface area contributed by atoms with Crippen LogP contribution >= 0.6 is 0 Å². The molecule has 0 saturated carbocycles. The monoisotopic (exact) mass is 255 g/mol. The minimum absolute atomic E-state index is 0.109. The number of nitrogens with one attached hydrogen (secondary N) is 1. The van der Waals surface area contributed by atoms with Gasteiger partial charge in [0.25, 0.3) is 0 Å². The van der Waals surface area contributed by atoms with E-state index in [1.54, 1.807) is 7.05 Å². The fourth-order valence-corrected chi connectivity index (χ4v) is 1.37. The van der Waals surface area contributed by atoms with Crippen LogP contribution in [0, 0.1) is 11.3 Å². The Hall–Kier alpha value is -1.77. The molecular formula is C12H21N3O3. The lowest BCUT2D eigenvalue weighted by atomic mass is 10.2. The second kappa shape index (κ2) is 9.28. The number of unbranched alkanes of at least 4 members (excludes halogenated alkanes) is 2. The van der Waals surface area contributed by atoms with Crippen LogP contribution in [0.5, 0.6) is 0 Å². The van der Waals surface area contributed by atoms with E-state index in [1.807, 2.05) is 13.0 Å². The molecule has 0 rings (SSSR count). The molecule has 2 N–H and O–H groups in total. The van der Waals surface area contributed by atoms with E-state index in [-0.39, 0.29) is 18.5 Å². The molecule has 0 heterocycles. The van der Waals surface area contributed by atoms with Crippen LogP contribution < -0.4 is 5.32 Å². The summed E-state index contributed by atoms with van der Waals surface area (Å²) >= 11 is 0. The second-order valence-corrected chi connectivity index (χ2v) is 4.26. The van der Waals surface area contributed by atoms with E-state index in [1.165, 1.54) is 4.90 Å². The molecule has 0 aromatic heterocycles. The highest BCUT2D eigenvalue weighted by Gasteiger charge is 2.14. The van der Waals surface area contributed by atoms with E-state index >= 15 is 0 Å². The largest absolute Gasteiger partial charge is 0.481 e. The Labute approximate surface area is 108 Å². The Kier molecular flexibility index (Phi) is 8.37. The zero-order valence-electron chi connectivity index (χ0n) is 11.0. The molecule has 0 aliphatic carbocycles. The van der Waals surface area contributed by atoms with E-state index in [0.717, 1.165) is 12.8 Å². The molecule has 0 fully saturated rings. The number of urea groups is 1. The van der Waals surface area contributed by atoms with E-state index in [2.05, 4.69) is 5.32 Å². The van der Waals surface area contributed by atoms with Crippen molar-refractivity contribution < 1.29 is 14.7 Å². The molecule has 0 aliphatic heterocycles. The van der Waals surface area contributed by atoms with Crippen molar-refractivity contribution in [2.24, 2.45) is 0 Å². The summed E-state index contributed by atoms with van der Waals surface area (Å²) in [6.45, 7) is 2.34. The van der Waals surface area contributed by atoms with Crippen molar-refractivity contribution in [2.75, 3.05) is 13.6 Å². The standard InChI is InChI=1S/C12H21N3O3/c1-10(7-8-13)15(2)12(18)14-9-5-3-4-6-11(16)17/h10H,3-7,9H2,1-2H3,(H,14,18)(H,16,17). The average molecular weight is 255 g/mol. The first-order valence-electron chi connectivity index (χ1n) is 6.08. The maximum absolute atomic E-state index is 11.6. The molecule has 0 saturated heterocycles. The van der Waals surface area contributed by atoms with Crippen LogP contribution in [0.25, 0.3) is 0 Å². The molecule has 0 aromatic carbocycles. The Balaban J connectivity index is 3.64. The van der Waals surface area contributed by atoms with Crippen molar-refractivity contribution in [3.05, 3.63) is 0 Å². The number of hydrogen-bond donors (Lipinski definition) is 2. The zero-order valence-corrected chi connectivity index (χ0v) is 11.0. The van der Waals surface area contributed by atoms with Gasteiger partial charge in [-0.1, -0.05) is 6.42 Å². The van der Waals surface area contributed by atoms with Crippen LogP contribution in [0.2, 0.25) is 0 Å². The summed E-state index contributed by atoms with van der Waals surface area (Å²) in [5.41, 5.74) is 0. The van der Waals surface area contributed by atoms with Crippen molar-refractivity contribution in [3.8, 4) is 6.07 Å². The second-order valence-electron chi connectivity index (χ2n) is 4.26. The van der Waals surface area contributed by atoms with Gasteiger partial charge < -0.3 is 15.3 Å². The summed E-state index contributed by atoms with van der Waals surface area (Å²) in [5, 5.41) is 19.7. The highest BCUT2D eigenvalue weighted by Crippen LogP contribution is 2.01. The summed E-state index contributed by atoms with van der Waals surface area (Å²) in [7, 11) is 1.65. The maximum atomic E-state index is 11.6. The smallest absolute Gasteiger partial charge is 0.317 e. The summed E-state index contributed by atoms with van der Waals surface area (Å²) < 4.78 is 0. The van der Waals surface area contributed by atoms with Gasteiger partial charge in [-0.15, -0.1) is 0 Å². The lowest BCUT2D eigenvalue weighted by Crippen LogP contribution is -2.42. The van der Waals surface area contributed by atoms with Gasteiger partial charge in [-0.05, 0) is 19.8 Å². The molecule has 2 amide bonds. The quantitative estimate of drug-likeness (QED) is 0.644. The molecule has 18 heavy (non-hydrogen) atoms. The van der Waals surface area contributed by atoms with Gasteiger partial charge >= 0.3 is 12.0 Å². The van der Waals surface area contributed by atoms with Crippen LogP contribution in [0.4, 0.5) is 4.79 Å². The molecule has 0 radical (unpaired) electrons. The van der Waals surface area contributed by atoms with Gasteiger partial charge in [-0.2, -0.15) is 5.26 Å². The fourth-order valence-electron chi connectivity index (χ4n) is 1.37. The minimum atomic E-state index is -0.788. The average Bonchev–Trinajstić information content (AvgIpc) is 2.32. The van der Waals surface area contributed by atoms with Gasteiger partial charge in [0.05, 0.1) is 12.5 Å². The number of nitriles is 1. The Morgan fingerprint density at radius 3 is 2.61 bits per heavy atom. The maximum Gasteiger partial charge on any atom is 0.317 e. The fraction of sp³-hybridized carbons (Fsp3) is 0.750. The third-order valence-corrected chi connectivity index (χ3v) is 2.71. The first-order chi connectivity index (χ1) is 8.49. The number of carboxylic acids is 1. The minimum Gasteiger partial charge on any atom is -0.481 e.